The third kappa shape index (κ3) is 3.77. The Labute approximate surface area is 144 Å². The molecule has 0 atom stereocenters. The Morgan fingerprint density at radius 2 is 1.92 bits per heavy atom. The number of aromatic amines is 1. The molecule has 3 N–H and O–H groups in total. The van der Waals surface area contributed by atoms with E-state index in [2.05, 4.69) is 27.5 Å². The third-order valence-electron chi connectivity index (χ3n) is 3.71. The lowest BCUT2D eigenvalue weighted by molar-refractivity contribution is 0.0996. The number of hydrogen-bond acceptors (Lipinski definition) is 5. The summed E-state index contributed by atoms with van der Waals surface area (Å²) in [7, 11) is 1.56. The molecule has 0 saturated carbocycles. The number of nitrogens with one attached hydrogen (secondary N) is 1. The minimum atomic E-state index is -0.647. The normalized spacial score (nSPS) is 10.4. The Bertz CT molecular complexity index is 862. The van der Waals surface area contributed by atoms with E-state index in [1.54, 1.807) is 25.3 Å². The van der Waals surface area contributed by atoms with Gasteiger partial charge in [-0.15, -0.1) is 0 Å². The van der Waals surface area contributed by atoms with Gasteiger partial charge in [0.05, 0.1) is 13.7 Å². The number of primary amides is 1. The number of nitrogens with two attached hydrogens (primary N) is 1. The van der Waals surface area contributed by atoms with E-state index in [0.717, 1.165) is 6.42 Å². The molecule has 0 unspecified atom stereocenters. The number of rotatable bonds is 7. The molecular formula is C18H18N4O3. The topological polar surface area (TPSA) is 103 Å². The van der Waals surface area contributed by atoms with Gasteiger partial charge in [0, 0.05) is 12.0 Å². The van der Waals surface area contributed by atoms with Gasteiger partial charge < -0.3 is 15.2 Å². The van der Waals surface area contributed by atoms with Gasteiger partial charge in [-0.1, -0.05) is 30.3 Å². The van der Waals surface area contributed by atoms with Crippen molar-refractivity contribution in [3.8, 4) is 22.8 Å². The second kappa shape index (κ2) is 7.48. The minimum Gasteiger partial charge on any atom is -0.493 e. The van der Waals surface area contributed by atoms with Crippen LogP contribution in [0.25, 0.3) is 11.3 Å². The highest BCUT2D eigenvalue weighted by Gasteiger charge is 2.17. The summed E-state index contributed by atoms with van der Waals surface area (Å²) in [6.45, 7) is 0.524. The molecule has 0 spiro atoms. The van der Waals surface area contributed by atoms with Gasteiger partial charge in [0.1, 0.15) is 5.69 Å². The van der Waals surface area contributed by atoms with Crippen LogP contribution in [-0.4, -0.2) is 35.0 Å². The highest BCUT2D eigenvalue weighted by molar-refractivity contribution is 5.96. The lowest BCUT2D eigenvalue weighted by Gasteiger charge is -2.12. The first-order valence-corrected chi connectivity index (χ1v) is 7.74. The number of carbonyl (C=O) groups excluding carboxylic acids is 1. The van der Waals surface area contributed by atoms with Crippen molar-refractivity contribution in [3.63, 3.8) is 0 Å². The van der Waals surface area contributed by atoms with Crippen LogP contribution < -0.4 is 15.2 Å². The summed E-state index contributed by atoms with van der Waals surface area (Å²) in [6.07, 6.45) is 0.793. The molecule has 7 nitrogen and oxygen atoms in total. The van der Waals surface area contributed by atoms with Gasteiger partial charge in [-0.3, -0.25) is 4.79 Å². The Morgan fingerprint density at radius 3 is 2.64 bits per heavy atom. The monoisotopic (exact) mass is 338 g/mol. The van der Waals surface area contributed by atoms with Gasteiger partial charge in [0.2, 0.25) is 0 Å². The second-order valence-electron chi connectivity index (χ2n) is 5.33. The first-order valence-electron chi connectivity index (χ1n) is 7.74. The molecular weight excluding hydrogens is 320 g/mol. The van der Waals surface area contributed by atoms with E-state index in [9.17, 15) is 4.79 Å². The molecule has 0 aliphatic heterocycles. The van der Waals surface area contributed by atoms with E-state index >= 15 is 0 Å². The van der Waals surface area contributed by atoms with Crippen molar-refractivity contribution < 1.29 is 14.3 Å². The van der Waals surface area contributed by atoms with Crippen LogP contribution in [0.2, 0.25) is 0 Å². The Balaban J connectivity index is 1.75. The van der Waals surface area contributed by atoms with Crippen LogP contribution >= 0.6 is 0 Å². The van der Waals surface area contributed by atoms with Gasteiger partial charge >= 0.3 is 0 Å². The van der Waals surface area contributed by atoms with E-state index in [0.29, 0.717) is 29.4 Å². The maximum atomic E-state index is 11.4. The molecule has 0 aliphatic rings. The Morgan fingerprint density at radius 1 is 1.12 bits per heavy atom. The number of benzene rings is 2. The molecule has 1 amide bonds. The summed E-state index contributed by atoms with van der Waals surface area (Å²) in [5.74, 6) is 0.515. The lowest BCUT2D eigenvalue weighted by Crippen LogP contribution is -2.12. The first kappa shape index (κ1) is 16.5. The van der Waals surface area contributed by atoms with Crippen LogP contribution in [0.4, 0.5) is 0 Å². The Hall–Kier alpha value is -3.35. The molecule has 0 fully saturated rings. The standard InChI is InChI=1S/C18H18N4O3/c1-24-15-11-13(16-17(18(19)23)21-22-20-16)7-8-14(15)25-10-9-12-5-3-2-4-6-12/h2-8,11H,9-10H2,1H3,(H2,19,23)(H,20,21,22). The molecule has 128 valence electrons. The van der Waals surface area contributed by atoms with Gasteiger partial charge in [-0.05, 0) is 23.8 Å². The fraction of sp³-hybridized carbons (Fsp3) is 0.167. The van der Waals surface area contributed by atoms with Crippen molar-refractivity contribution in [3.05, 3.63) is 59.8 Å². The molecule has 3 rings (SSSR count). The summed E-state index contributed by atoms with van der Waals surface area (Å²) in [4.78, 5) is 11.4. The molecule has 3 aromatic rings. The highest BCUT2D eigenvalue weighted by atomic mass is 16.5. The van der Waals surface area contributed by atoms with Crippen LogP contribution in [0.5, 0.6) is 11.5 Å². The van der Waals surface area contributed by atoms with E-state index in [1.807, 2.05) is 18.2 Å². The van der Waals surface area contributed by atoms with Gasteiger partial charge in [0.15, 0.2) is 17.2 Å². The largest absolute Gasteiger partial charge is 0.493 e. The molecule has 0 saturated heterocycles. The zero-order valence-corrected chi connectivity index (χ0v) is 13.7. The minimum absolute atomic E-state index is 0.0831. The van der Waals surface area contributed by atoms with Crippen molar-refractivity contribution in [1.29, 1.82) is 0 Å². The lowest BCUT2D eigenvalue weighted by atomic mass is 10.1. The van der Waals surface area contributed by atoms with E-state index in [1.165, 1.54) is 5.56 Å². The number of hydrogen-bond donors (Lipinski definition) is 2. The fourth-order valence-electron chi connectivity index (χ4n) is 2.46. The smallest absolute Gasteiger partial charge is 0.271 e. The maximum Gasteiger partial charge on any atom is 0.271 e. The van der Waals surface area contributed by atoms with E-state index in [-0.39, 0.29) is 5.69 Å². The van der Waals surface area contributed by atoms with E-state index < -0.39 is 5.91 Å². The molecule has 2 aromatic carbocycles. The quantitative estimate of drug-likeness (QED) is 0.687. The first-order chi connectivity index (χ1) is 12.2. The molecule has 0 bridgehead atoms. The number of carbonyl (C=O) groups is 1. The summed E-state index contributed by atoms with van der Waals surface area (Å²) in [6, 6.07) is 15.4. The maximum absolute atomic E-state index is 11.4. The van der Waals surface area contributed by atoms with Crippen LogP contribution in [-0.2, 0) is 6.42 Å². The van der Waals surface area contributed by atoms with Gasteiger partial charge in [0.25, 0.3) is 5.91 Å². The molecule has 7 heteroatoms. The third-order valence-corrected chi connectivity index (χ3v) is 3.71. The predicted octanol–water partition coefficient (Wildman–Crippen LogP) is 2.20. The van der Waals surface area contributed by atoms with Gasteiger partial charge in [-0.2, -0.15) is 15.4 Å². The molecule has 1 aromatic heterocycles. The van der Waals surface area contributed by atoms with Gasteiger partial charge in [-0.25, -0.2) is 0 Å². The zero-order valence-electron chi connectivity index (χ0n) is 13.7. The van der Waals surface area contributed by atoms with Crippen LogP contribution in [0.1, 0.15) is 16.1 Å². The average molecular weight is 338 g/mol. The predicted molar refractivity (Wildman–Crippen MR) is 92.5 cm³/mol. The average Bonchev–Trinajstić information content (AvgIpc) is 3.13. The summed E-state index contributed by atoms with van der Waals surface area (Å²) in [5.41, 5.74) is 7.62. The van der Waals surface area contributed by atoms with Crippen molar-refractivity contribution in [1.82, 2.24) is 15.4 Å². The fourth-order valence-corrected chi connectivity index (χ4v) is 2.46. The number of nitrogens with zero attached hydrogens (tertiary/aromatic N) is 2. The molecule has 0 aliphatic carbocycles. The Kier molecular flexibility index (Phi) is 4.94. The summed E-state index contributed by atoms with van der Waals surface area (Å²) in [5, 5.41) is 10.2. The number of H-pyrrole nitrogens is 1. The molecule has 1 heterocycles. The van der Waals surface area contributed by atoms with Crippen LogP contribution in [0.3, 0.4) is 0 Å². The van der Waals surface area contributed by atoms with Crippen LogP contribution in [0, 0.1) is 0 Å². The van der Waals surface area contributed by atoms with E-state index in [4.69, 9.17) is 15.2 Å². The zero-order chi connectivity index (χ0) is 17.6. The van der Waals surface area contributed by atoms with Crippen molar-refractivity contribution in [2.75, 3.05) is 13.7 Å². The number of ether oxygens (including phenoxy) is 2. The van der Waals surface area contributed by atoms with Crippen molar-refractivity contribution in [2.24, 2.45) is 5.73 Å². The SMILES string of the molecule is COc1cc(-c2n[nH]nc2C(N)=O)ccc1OCCc1ccccc1. The number of amides is 1. The highest BCUT2D eigenvalue weighted by Crippen LogP contribution is 2.32. The second-order valence-corrected chi connectivity index (χ2v) is 5.33. The van der Waals surface area contributed by atoms with Crippen molar-refractivity contribution >= 4 is 5.91 Å². The summed E-state index contributed by atoms with van der Waals surface area (Å²) < 4.78 is 11.2. The molecule has 25 heavy (non-hydrogen) atoms. The number of aromatic nitrogens is 3. The van der Waals surface area contributed by atoms with Crippen LogP contribution in [0.15, 0.2) is 48.5 Å². The summed E-state index contributed by atoms with van der Waals surface area (Å²) >= 11 is 0. The van der Waals surface area contributed by atoms with Crippen molar-refractivity contribution in [2.45, 2.75) is 6.42 Å². The molecule has 0 radical (unpaired) electrons. The number of methoxy groups -OCH3 is 1.